The molecular formula is C17H21N3S. The molecule has 4 heteroatoms. The third kappa shape index (κ3) is 3.11. The van der Waals surface area contributed by atoms with Gasteiger partial charge in [-0.25, -0.2) is 4.98 Å². The lowest BCUT2D eigenvalue weighted by atomic mass is 10.0. The fourth-order valence-corrected chi connectivity index (χ4v) is 3.81. The molecule has 110 valence electrons. The van der Waals surface area contributed by atoms with Crippen LogP contribution >= 0.6 is 11.3 Å². The lowest BCUT2D eigenvalue weighted by Gasteiger charge is -2.19. The average molecular weight is 299 g/mol. The normalized spacial score (nSPS) is 18.4. The molecule has 1 fully saturated rings. The Morgan fingerprint density at radius 3 is 2.95 bits per heavy atom. The Bertz CT molecular complexity index is 618. The zero-order chi connectivity index (χ0) is 14.1. The Morgan fingerprint density at radius 2 is 2.10 bits per heavy atom. The predicted octanol–water partition coefficient (Wildman–Crippen LogP) is 3.35. The summed E-state index contributed by atoms with van der Waals surface area (Å²) in [6.45, 7) is 3.09. The first-order valence-corrected chi connectivity index (χ1v) is 8.70. The second-order valence-electron chi connectivity index (χ2n) is 6.06. The summed E-state index contributed by atoms with van der Waals surface area (Å²) in [4.78, 5) is 8.45. The maximum Gasteiger partial charge on any atom is 0.185 e. The Morgan fingerprint density at radius 1 is 1.24 bits per heavy atom. The molecule has 0 bridgehead atoms. The van der Waals surface area contributed by atoms with E-state index in [4.69, 9.17) is 0 Å². The fourth-order valence-electron chi connectivity index (χ4n) is 2.92. The Labute approximate surface area is 130 Å². The van der Waals surface area contributed by atoms with Crippen molar-refractivity contribution in [1.29, 1.82) is 0 Å². The van der Waals surface area contributed by atoms with Crippen LogP contribution in [0.3, 0.4) is 0 Å². The third-order valence-corrected chi connectivity index (χ3v) is 5.37. The molecular weight excluding hydrogens is 278 g/mol. The van der Waals surface area contributed by atoms with Crippen LogP contribution < -0.4 is 10.2 Å². The maximum atomic E-state index is 4.66. The van der Waals surface area contributed by atoms with Gasteiger partial charge in [0.2, 0.25) is 0 Å². The lowest BCUT2D eigenvalue weighted by Crippen LogP contribution is -2.22. The third-order valence-electron chi connectivity index (χ3n) is 4.31. The first-order chi connectivity index (χ1) is 10.4. The van der Waals surface area contributed by atoms with Crippen molar-refractivity contribution in [2.24, 2.45) is 0 Å². The van der Waals surface area contributed by atoms with Crippen molar-refractivity contribution in [1.82, 2.24) is 10.3 Å². The zero-order valence-electron chi connectivity index (χ0n) is 12.2. The van der Waals surface area contributed by atoms with E-state index in [1.807, 2.05) is 17.5 Å². The van der Waals surface area contributed by atoms with Gasteiger partial charge in [-0.3, -0.25) is 0 Å². The van der Waals surface area contributed by atoms with Crippen LogP contribution in [0.4, 0.5) is 5.13 Å². The highest BCUT2D eigenvalue weighted by Gasteiger charge is 2.21. The van der Waals surface area contributed by atoms with E-state index in [0.717, 1.165) is 25.7 Å². The quantitative estimate of drug-likeness (QED) is 0.938. The van der Waals surface area contributed by atoms with E-state index in [0.29, 0.717) is 0 Å². The van der Waals surface area contributed by atoms with Gasteiger partial charge < -0.3 is 10.2 Å². The van der Waals surface area contributed by atoms with Gasteiger partial charge in [0.25, 0.3) is 0 Å². The molecule has 0 saturated heterocycles. The van der Waals surface area contributed by atoms with Gasteiger partial charge in [0.15, 0.2) is 5.13 Å². The molecule has 0 amide bonds. The molecule has 4 rings (SSSR count). The van der Waals surface area contributed by atoms with Gasteiger partial charge >= 0.3 is 0 Å². The number of nitrogens with one attached hydrogen (secondary N) is 1. The highest BCUT2D eigenvalue weighted by molar-refractivity contribution is 7.15. The molecule has 0 radical (unpaired) electrons. The number of hydrogen-bond donors (Lipinski definition) is 1. The largest absolute Gasteiger partial charge is 0.344 e. The molecule has 1 N–H and O–H groups in total. The first-order valence-electron chi connectivity index (χ1n) is 7.88. The summed E-state index contributed by atoms with van der Waals surface area (Å²) in [7, 11) is 0. The second kappa shape index (κ2) is 5.78. The maximum absolute atomic E-state index is 4.66. The van der Waals surface area contributed by atoms with Crippen molar-refractivity contribution in [3.05, 3.63) is 46.5 Å². The van der Waals surface area contributed by atoms with E-state index in [1.165, 1.54) is 46.8 Å². The van der Waals surface area contributed by atoms with Crippen LogP contribution in [-0.2, 0) is 19.5 Å². The van der Waals surface area contributed by atoms with Crippen molar-refractivity contribution in [2.75, 3.05) is 11.4 Å². The molecule has 0 unspecified atom stereocenters. The van der Waals surface area contributed by atoms with E-state index < -0.39 is 0 Å². The number of aromatic nitrogens is 1. The number of rotatable bonds is 4. The average Bonchev–Trinajstić information content (AvgIpc) is 3.26. The van der Waals surface area contributed by atoms with Gasteiger partial charge in [-0.2, -0.15) is 0 Å². The van der Waals surface area contributed by atoms with E-state index >= 15 is 0 Å². The SMILES string of the molecule is c1ccc2c(c1)CCCN(c1ncc(CNC3CC3)s1)C2. The van der Waals surface area contributed by atoms with Crippen LogP contribution in [0, 0.1) is 0 Å². The van der Waals surface area contributed by atoms with Crippen LogP contribution in [0.25, 0.3) is 0 Å². The van der Waals surface area contributed by atoms with Crippen molar-refractivity contribution >= 4 is 16.5 Å². The Hall–Kier alpha value is -1.39. The molecule has 2 aromatic rings. The van der Waals surface area contributed by atoms with Gasteiger partial charge in [-0.1, -0.05) is 24.3 Å². The Kier molecular flexibility index (Phi) is 3.65. The van der Waals surface area contributed by atoms with Crippen molar-refractivity contribution in [3.8, 4) is 0 Å². The van der Waals surface area contributed by atoms with E-state index in [9.17, 15) is 0 Å². The number of benzene rings is 1. The minimum absolute atomic E-state index is 0.764. The van der Waals surface area contributed by atoms with E-state index in [1.54, 1.807) is 0 Å². The summed E-state index contributed by atoms with van der Waals surface area (Å²) in [5.41, 5.74) is 2.97. The minimum Gasteiger partial charge on any atom is -0.344 e. The second-order valence-corrected chi connectivity index (χ2v) is 7.15. The van der Waals surface area contributed by atoms with Crippen molar-refractivity contribution in [2.45, 2.75) is 44.8 Å². The highest BCUT2D eigenvalue weighted by Crippen LogP contribution is 2.28. The number of anilines is 1. The molecule has 21 heavy (non-hydrogen) atoms. The Balaban J connectivity index is 1.47. The molecule has 0 spiro atoms. The molecule has 2 heterocycles. The van der Waals surface area contributed by atoms with Crippen LogP contribution in [0.15, 0.2) is 30.5 Å². The van der Waals surface area contributed by atoms with Crippen molar-refractivity contribution < 1.29 is 0 Å². The van der Waals surface area contributed by atoms with Crippen LogP contribution in [0.2, 0.25) is 0 Å². The smallest absolute Gasteiger partial charge is 0.185 e. The van der Waals surface area contributed by atoms with Crippen LogP contribution in [0.5, 0.6) is 0 Å². The number of aryl methyl sites for hydroxylation is 1. The molecule has 1 saturated carbocycles. The summed E-state index contributed by atoms with van der Waals surface area (Å²) in [6, 6.07) is 9.60. The van der Waals surface area contributed by atoms with E-state index in [-0.39, 0.29) is 0 Å². The van der Waals surface area contributed by atoms with Gasteiger partial charge in [-0.05, 0) is 36.8 Å². The van der Waals surface area contributed by atoms with Gasteiger partial charge in [0.1, 0.15) is 0 Å². The molecule has 1 aliphatic heterocycles. The van der Waals surface area contributed by atoms with Gasteiger partial charge in [-0.15, -0.1) is 11.3 Å². The summed E-state index contributed by atoms with van der Waals surface area (Å²) in [5, 5.41) is 4.75. The number of nitrogens with zero attached hydrogens (tertiary/aromatic N) is 2. The van der Waals surface area contributed by atoms with E-state index in [2.05, 4.69) is 39.5 Å². The molecule has 1 aromatic carbocycles. The highest BCUT2D eigenvalue weighted by atomic mass is 32.1. The van der Waals surface area contributed by atoms with Crippen molar-refractivity contribution in [3.63, 3.8) is 0 Å². The topological polar surface area (TPSA) is 28.2 Å². The number of hydrogen-bond acceptors (Lipinski definition) is 4. The fraction of sp³-hybridized carbons (Fsp3) is 0.471. The number of fused-ring (bicyclic) bond motifs is 1. The summed E-state index contributed by atoms with van der Waals surface area (Å²) in [6.07, 6.45) is 7.13. The molecule has 3 nitrogen and oxygen atoms in total. The molecule has 1 aromatic heterocycles. The zero-order valence-corrected chi connectivity index (χ0v) is 13.0. The molecule has 1 aliphatic carbocycles. The van der Waals surface area contributed by atoms with Crippen LogP contribution in [-0.4, -0.2) is 17.6 Å². The lowest BCUT2D eigenvalue weighted by molar-refractivity contribution is 0.694. The summed E-state index contributed by atoms with van der Waals surface area (Å²) in [5.74, 6) is 0. The molecule has 0 atom stereocenters. The summed E-state index contributed by atoms with van der Waals surface area (Å²) < 4.78 is 0. The molecule has 2 aliphatic rings. The first kappa shape index (κ1) is 13.3. The van der Waals surface area contributed by atoms with Crippen LogP contribution in [0.1, 0.15) is 35.3 Å². The standard InChI is InChI=1S/C17H21N3S/c1-2-5-14-12-20(9-3-6-13(14)4-1)17-19-11-16(21-17)10-18-15-7-8-15/h1-2,4-5,11,15,18H,3,6-10,12H2. The summed E-state index contributed by atoms with van der Waals surface area (Å²) >= 11 is 1.85. The number of thiazole rings is 1. The monoisotopic (exact) mass is 299 g/mol. The predicted molar refractivity (Wildman–Crippen MR) is 87.8 cm³/mol. The van der Waals surface area contributed by atoms with Gasteiger partial charge in [0, 0.05) is 36.8 Å². The van der Waals surface area contributed by atoms with Gasteiger partial charge in [0.05, 0.1) is 0 Å². The minimum atomic E-state index is 0.764.